The first-order valence-electron chi connectivity index (χ1n) is 22.8. The second kappa shape index (κ2) is 16.3. The molecule has 0 saturated heterocycles. The molecule has 6 nitrogen and oxygen atoms in total. The van der Waals surface area contributed by atoms with Gasteiger partial charge in [0.2, 0.25) is 0 Å². The number of furan rings is 1. The van der Waals surface area contributed by atoms with Crippen molar-refractivity contribution in [1.82, 2.24) is 24.5 Å². The van der Waals surface area contributed by atoms with Crippen LogP contribution in [0.3, 0.4) is 0 Å². The van der Waals surface area contributed by atoms with E-state index in [1.54, 1.807) is 0 Å². The van der Waals surface area contributed by atoms with E-state index in [0.717, 1.165) is 105 Å². The van der Waals surface area contributed by atoms with Gasteiger partial charge >= 0.3 is 0 Å². The Morgan fingerprint density at radius 2 is 0.868 bits per heavy atom. The van der Waals surface area contributed by atoms with Crippen molar-refractivity contribution in [3.63, 3.8) is 0 Å². The molecule has 0 amide bonds. The number of fused-ring (bicyclic) bond motifs is 7. The van der Waals surface area contributed by atoms with Gasteiger partial charge in [-0.15, -0.1) is 0 Å². The third kappa shape index (κ3) is 6.74. The molecule has 318 valence electrons. The van der Waals surface area contributed by atoms with Crippen LogP contribution in [0.15, 0.2) is 241 Å². The highest BCUT2D eigenvalue weighted by atomic mass is 16.3. The number of nitrogens with zero attached hydrogens (tertiary/aromatic N) is 5. The Bertz CT molecular complexity index is 3940. The van der Waals surface area contributed by atoms with E-state index in [4.69, 9.17) is 24.4 Å². The summed E-state index contributed by atoms with van der Waals surface area (Å²) in [5, 5.41) is 4.39. The molecule has 0 unspecified atom stereocenters. The second-order valence-corrected chi connectivity index (χ2v) is 17.0. The summed E-state index contributed by atoms with van der Waals surface area (Å²) in [6.07, 6.45) is 1.97. The molecule has 0 aliphatic carbocycles. The van der Waals surface area contributed by atoms with Crippen molar-refractivity contribution in [2.75, 3.05) is 0 Å². The van der Waals surface area contributed by atoms with Crippen LogP contribution in [0.4, 0.5) is 0 Å². The fourth-order valence-electron chi connectivity index (χ4n) is 9.68. The number of aromatic nitrogens is 5. The number of hydrogen-bond donors (Lipinski definition) is 0. The second-order valence-electron chi connectivity index (χ2n) is 17.0. The Hall–Kier alpha value is -9.26. The number of pyridine rings is 1. The number of benzene rings is 9. The molecular formula is C62H39N5O. The Morgan fingerprint density at radius 3 is 1.54 bits per heavy atom. The molecule has 0 aliphatic heterocycles. The number of para-hydroxylation sites is 2. The van der Waals surface area contributed by atoms with E-state index in [1.165, 1.54) is 5.39 Å². The average molecular weight is 870 g/mol. The van der Waals surface area contributed by atoms with Crippen molar-refractivity contribution >= 4 is 43.7 Å². The summed E-state index contributed by atoms with van der Waals surface area (Å²) in [5.74, 6) is 1.68. The van der Waals surface area contributed by atoms with Gasteiger partial charge in [0, 0.05) is 61.2 Å². The first-order valence-corrected chi connectivity index (χ1v) is 22.8. The van der Waals surface area contributed by atoms with Crippen LogP contribution in [-0.2, 0) is 0 Å². The third-order valence-electron chi connectivity index (χ3n) is 12.9. The van der Waals surface area contributed by atoms with Crippen LogP contribution in [0.1, 0.15) is 0 Å². The Morgan fingerprint density at radius 1 is 0.338 bits per heavy atom. The van der Waals surface area contributed by atoms with Gasteiger partial charge in [0.15, 0.2) is 23.1 Å². The predicted octanol–water partition coefficient (Wildman–Crippen LogP) is 15.9. The lowest BCUT2D eigenvalue weighted by atomic mass is 9.91. The topological polar surface area (TPSA) is 69.6 Å². The molecule has 6 heteroatoms. The van der Waals surface area contributed by atoms with E-state index < -0.39 is 0 Å². The standard InChI is InChI=1S/C62H39N5O/c1-6-18-40(19-7-1)48-32-30-44(36-53(48)41-20-8-2-9-21-41)46-37-54(62-65-60(42-22-10-3-11-23-42)64-61(66-62)43-24-12-4-13-25-43)57(63-39-46)45-31-33-50-52-35-34-51-49-28-16-17-29-55(49)67(47-26-14-5-15-27-47)58(51)59(52)68-56(50)38-45/h1-39H. The molecular weight excluding hydrogens is 831 g/mol. The Balaban J connectivity index is 1.04. The van der Waals surface area contributed by atoms with Crippen molar-refractivity contribution in [3.8, 4) is 84.5 Å². The normalized spacial score (nSPS) is 11.5. The van der Waals surface area contributed by atoms with Crippen molar-refractivity contribution in [2.24, 2.45) is 0 Å². The summed E-state index contributed by atoms with van der Waals surface area (Å²) >= 11 is 0. The summed E-state index contributed by atoms with van der Waals surface area (Å²) in [6.45, 7) is 0. The lowest BCUT2D eigenvalue weighted by molar-refractivity contribution is 0.671. The average Bonchev–Trinajstić information content (AvgIpc) is 3.97. The van der Waals surface area contributed by atoms with Crippen LogP contribution in [-0.4, -0.2) is 24.5 Å². The Labute approximate surface area is 392 Å². The highest BCUT2D eigenvalue weighted by Crippen LogP contribution is 2.43. The van der Waals surface area contributed by atoms with Gasteiger partial charge in [0.1, 0.15) is 5.58 Å². The SMILES string of the molecule is c1ccc(-c2nc(-c3ccccc3)nc(-c3cc(-c4ccc(-c5ccccc5)c(-c5ccccc5)c4)cnc3-c3ccc4c(c3)oc3c4ccc4c5ccccc5n(-c5ccccc5)c43)n2)cc1. The minimum absolute atomic E-state index is 0.519. The van der Waals surface area contributed by atoms with E-state index in [-0.39, 0.29) is 0 Å². The van der Waals surface area contributed by atoms with Gasteiger partial charge < -0.3 is 8.98 Å². The summed E-state index contributed by atoms with van der Waals surface area (Å²) < 4.78 is 9.34. The van der Waals surface area contributed by atoms with Gasteiger partial charge in [-0.2, -0.15) is 0 Å². The van der Waals surface area contributed by atoms with Gasteiger partial charge in [-0.3, -0.25) is 4.98 Å². The fraction of sp³-hybridized carbons (Fsp3) is 0. The van der Waals surface area contributed by atoms with Gasteiger partial charge in [0.25, 0.3) is 0 Å². The monoisotopic (exact) mass is 869 g/mol. The highest BCUT2D eigenvalue weighted by Gasteiger charge is 2.22. The summed E-state index contributed by atoms with van der Waals surface area (Å²) in [6, 6.07) is 80.0. The highest BCUT2D eigenvalue weighted by molar-refractivity contribution is 6.21. The lowest BCUT2D eigenvalue weighted by Gasteiger charge is -2.15. The molecule has 0 fully saturated rings. The zero-order valence-electron chi connectivity index (χ0n) is 36.7. The van der Waals surface area contributed by atoms with Crippen LogP contribution in [0, 0.1) is 0 Å². The largest absolute Gasteiger partial charge is 0.454 e. The van der Waals surface area contributed by atoms with Crippen LogP contribution < -0.4 is 0 Å². The first kappa shape index (κ1) is 39.1. The van der Waals surface area contributed by atoms with Gasteiger partial charge in [-0.05, 0) is 76.3 Å². The van der Waals surface area contributed by atoms with Crippen LogP contribution in [0.25, 0.3) is 128 Å². The van der Waals surface area contributed by atoms with E-state index in [1.807, 2.05) is 66.9 Å². The fourth-order valence-corrected chi connectivity index (χ4v) is 9.68. The molecule has 4 heterocycles. The molecule has 13 rings (SSSR count). The molecule has 0 aliphatic rings. The maximum atomic E-state index is 7.03. The minimum atomic E-state index is 0.519. The van der Waals surface area contributed by atoms with Gasteiger partial charge in [0.05, 0.1) is 16.7 Å². The molecule has 0 N–H and O–H groups in total. The van der Waals surface area contributed by atoms with Crippen LogP contribution in [0.5, 0.6) is 0 Å². The maximum Gasteiger partial charge on any atom is 0.166 e. The zero-order chi connectivity index (χ0) is 45.0. The molecule has 9 aromatic carbocycles. The number of rotatable bonds is 8. The van der Waals surface area contributed by atoms with E-state index in [2.05, 4.69) is 174 Å². The van der Waals surface area contributed by atoms with Crippen LogP contribution in [0.2, 0.25) is 0 Å². The lowest BCUT2D eigenvalue weighted by Crippen LogP contribution is -2.02. The molecule has 0 atom stereocenters. The van der Waals surface area contributed by atoms with Crippen molar-refractivity contribution < 1.29 is 4.42 Å². The van der Waals surface area contributed by atoms with Crippen LogP contribution >= 0.6 is 0 Å². The van der Waals surface area contributed by atoms with Crippen molar-refractivity contribution in [2.45, 2.75) is 0 Å². The summed E-state index contributed by atoms with van der Waals surface area (Å²) in [7, 11) is 0. The van der Waals surface area contributed by atoms with E-state index >= 15 is 0 Å². The van der Waals surface area contributed by atoms with Gasteiger partial charge in [-0.25, -0.2) is 15.0 Å². The summed E-state index contributed by atoms with van der Waals surface area (Å²) in [4.78, 5) is 20.9. The zero-order valence-corrected chi connectivity index (χ0v) is 36.7. The van der Waals surface area contributed by atoms with E-state index in [9.17, 15) is 0 Å². The van der Waals surface area contributed by atoms with E-state index in [0.29, 0.717) is 17.5 Å². The molecule has 0 spiro atoms. The first-order chi connectivity index (χ1) is 33.7. The quantitative estimate of drug-likeness (QED) is 0.152. The molecule has 0 saturated carbocycles. The molecule has 0 radical (unpaired) electrons. The summed E-state index contributed by atoms with van der Waals surface area (Å²) in [5.41, 5.74) is 15.6. The van der Waals surface area contributed by atoms with Crippen molar-refractivity contribution in [1.29, 1.82) is 0 Å². The maximum absolute atomic E-state index is 7.03. The molecule has 68 heavy (non-hydrogen) atoms. The Kier molecular flexibility index (Phi) is 9.39. The minimum Gasteiger partial charge on any atom is -0.454 e. The third-order valence-corrected chi connectivity index (χ3v) is 12.9. The number of hydrogen-bond acceptors (Lipinski definition) is 5. The molecule has 13 aromatic rings. The molecule has 0 bridgehead atoms. The predicted molar refractivity (Wildman–Crippen MR) is 277 cm³/mol. The smallest absolute Gasteiger partial charge is 0.166 e. The molecule has 4 aromatic heterocycles. The van der Waals surface area contributed by atoms with Gasteiger partial charge in [-0.1, -0.05) is 182 Å². The van der Waals surface area contributed by atoms with Crippen molar-refractivity contribution in [3.05, 3.63) is 237 Å².